The van der Waals surface area contributed by atoms with Crippen LogP contribution in [0.25, 0.3) is 0 Å². The van der Waals surface area contributed by atoms with Crippen LogP contribution in [-0.2, 0) is 22.1 Å². The summed E-state index contributed by atoms with van der Waals surface area (Å²) in [4.78, 5) is 13.2. The van der Waals surface area contributed by atoms with Gasteiger partial charge in [-0.25, -0.2) is 8.42 Å². The van der Waals surface area contributed by atoms with Gasteiger partial charge in [0.15, 0.2) is 9.84 Å². The summed E-state index contributed by atoms with van der Waals surface area (Å²) in [7, 11) is -3.10. The first kappa shape index (κ1) is 23.7. The Morgan fingerprint density at radius 2 is 1.56 bits per heavy atom. The Balaban J connectivity index is 1.64. The molecule has 0 radical (unpaired) electrons. The number of carbonyl (C=O) groups is 1. The first-order chi connectivity index (χ1) is 15.2. The number of thioether (sulfide) groups is 1. The molecule has 3 aromatic rings. The van der Waals surface area contributed by atoms with Crippen molar-refractivity contribution < 1.29 is 22.0 Å². The number of hydrogen-bond acceptors (Lipinski definition) is 5. The highest BCUT2D eigenvalue weighted by Gasteiger charge is 2.12. The van der Waals surface area contributed by atoms with E-state index in [1.165, 1.54) is 6.26 Å². The van der Waals surface area contributed by atoms with E-state index < -0.39 is 15.6 Å². The SMILES string of the molecule is CS(=O)(=O)Cc1ccc(CNC(=O)c2ccccc2Nc2ccc(SC(F)F)cc2)cc1. The monoisotopic (exact) mass is 476 g/mol. The van der Waals surface area contributed by atoms with E-state index in [2.05, 4.69) is 10.6 Å². The highest BCUT2D eigenvalue weighted by atomic mass is 32.2. The largest absolute Gasteiger partial charge is 0.355 e. The summed E-state index contributed by atoms with van der Waals surface area (Å²) in [5.74, 6) is -2.78. The number of anilines is 2. The van der Waals surface area contributed by atoms with Crippen LogP contribution < -0.4 is 10.6 Å². The molecule has 0 heterocycles. The minimum Gasteiger partial charge on any atom is -0.355 e. The quantitative estimate of drug-likeness (QED) is 0.414. The Morgan fingerprint density at radius 3 is 2.19 bits per heavy atom. The highest BCUT2D eigenvalue weighted by Crippen LogP contribution is 2.28. The molecule has 0 aliphatic rings. The molecule has 3 aromatic carbocycles. The van der Waals surface area contributed by atoms with E-state index in [-0.39, 0.29) is 18.2 Å². The normalized spacial score (nSPS) is 11.4. The van der Waals surface area contributed by atoms with Crippen molar-refractivity contribution in [1.29, 1.82) is 0 Å². The van der Waals surface area contributed by atoms with Gasteiger partial charge < -0.3 is 10.6 Å². The Morgan fingerprint density at radius 1 is 0.938 bits per heavy atom. The number of sulfone groups is 1. The maximum atomic E-state index is 12.7. The van der Waals surface area contributed by atoms with Gasteiger partial charge in [-0.1, -0.05) is 48.2 Å². The summed E-state index contributed by atoms with van der Waals surface area (Å²) in [6, 6.07) is 20.6. The van der Waals surface area contributed by atoms with E-state index in [0.717, 1.165) is 5.56 Å². The maximum Gasteiger partial charge on any atom is 0.288 e. The van der Waals surface area contributed by atoms with Crippen LogP contribution in [0.4, 0.5) is 20.2 Å². The number of alkyl halides is 2. The Bertz CT molecular complexity index is 1170. The van der Waals surface area contributed by atoms with Gasteiger partial charge in [-0.15, -0.1) is 0 Å². The fourth-order valence-electron chi connectivity index (χ4n) is 3.00. The van der Waals surface area contributed by atoms with E-state index in [9.17, 15) is 22.0 Å². The Kier molecular flexibility index (Phi) is 7.87. The van der Waals surface area contributed by atoms with Crippen LogP contribution in [0.3, 0.4) is 0 Å². The number of rotatable bonds is 9. The summed E-state index contributed by atoms with van der Waals surface area (Å²) >= 11 is 0.474. The van der Waals surface area contributed by atoms with Crippen LogP contribution in [-0.4, -0.2) is 26.3 Å². The van der Waals surface area contributed by atoms with Crippen molar-refractivity contribution in [3.05, 3.63) is 89.5 Å². The van der Waals surface area contributed by atoms with E-state index in [4.69, 9.17) is 0 Å². The van der Waals surface area contributed by atoms with Crippen molar-refractivity contribution in [2.75, 3.05) is 11.6 Å². The highest BCUT2D eigenvalue weighted by molar-refractivity contribution is 7.99. The summed E-state index contributed by atoms with van der Waals surface area (Å²) < 4.78 is 47.7. The number of benzene rings is 3. The lowest BCUT2D eigenvalue weighted by molar-refractivity contribution is 0.0951. The van der Waals surface area contributed by atoms with E-state index in [0.29, 0.717) is 39.2 Å². The zero-order valence-corrected chi connectivity index (χ0v) is 18.8. The van der Waals surface area contributed by atoms with Crippen LogP contribution >= 0.6 is 11.8 Å². The van der Waals surface area contributed by atoms with Crippen LogP contribution in [0.5, 0.6) is 0 Å². The number of hydrogen-bond donors (Lipinski definition) is 2. The molecule has 168 valence electrons. The zero-order valence-electron chi connectivity index (χ0n) is 17.2. The number of para-hydroxylation sites is 1. The minimum atomic E-state index is -3.10. The van der Waals surface area contributed by atoms with Gasteiger partial charge in [-0.3, -0.25) is 4.79 Å². The molecule has 0 aliphatic carbocycles. The topological polar surface area (TPSA) is 75.3 Å². The van der Waals surface area contributed by atoms with Gasteiger partial charge in [0, 0.05) is 23.4 Å². The second-order valence-corrected chi connectivity index (χ2v) is 10.3. The van der Waals surface area contributed by atoms with E-state index >= 15 is 0 Å². The summed E-state index contributed by atoms with van der Waals surface area (Å²) in [6.45, 7) is 0.284. The number of halogens is 2. The number of carbonyl (C=O) groups excluding carboxylic acids is 1. The summed E-state index contributed by atoms with van der Waals surface area (Å²) in [5.41, 5.74) is 3.23. The molecule has 0 aliphatic heterocycles. The molecule has 0 unspecified atom stereocenters. The van der Waals surface area contributed by atoms with Crippen LogP contribution in [0.1, 0.15) is 21.5 Å². The predicted octanol–water partition coefficient (Wildman–Crippen LogP) is 5.22. The molecule has 0 aromatic heterocycles. The van der Waals surface area contributed by atoms with Gasteiger partial charge in [-0.2, -0.15) is 8.78 Å². The van der Waals surface area contributed by atoms with Gasteiger partial charge in [0.2, 0.25) is 0 Å². The van der Waals surface area contributed by atoms with Crippen molar-refractivity contribution in [1.82, 2.24) is 5.32 Å². The molecular weight excluding hydrogens is 454 g/mol. The lowest BCUT2D eigenvalue weighted by Gasteiger charge is -2.13. The molecule has 0 fully saturated rings. The standard InChI is InChI=1S/C23H22F2N2O3S2/c1-32(29,30)15-17-8-6-16(7-9-17)14-26-22(28)20-4-2-3-5-21(20)27-18-10-12-19(13-11-18)31-23(24)25/h2-13,23,27H,14-15H2,1H3,(H,26,28). The first-order valence-electron chi connectivity index (χ1n) is 9.64. The molecule has 0 saturated heterocycles. The average molecular weight is 477 g/mol. The lowest BCUT2D eigenvalue weighted by Crippen LogP contribution is -2.23. The molecule has 5 nitrogen and oxygen atoms in total. The van der Waals surface area contributed by atoms with E-state index in [1.54, 1.807) is 72.8 Å². The second kappa shape index (κ2) is 10.6. The molecule has 0 bridgehead atoms. The molecule has 9 heteroatoms. The van der Waals surface area contributed by atoms with Crippen LogP contribution in [0.15, 0.2) is 77.7 Å². The van der Waals surface area contributed by atoms with Crippen molar-refractivity contribution in [2.45, 2.75) is 23.0 Å². The first-order valence-corrected chi connectivity index (χ1v) is 12.6. The molecule has 2 N–H and O–H groups in total. The Hall–Kier alpha value is -2.91. The smallest absolute Gasteiger partial charge is 0.288 e. The van der Waals surface area contributed by atoms with Crippen LogP contribution in [0, 0.1) is 0 Å². The fourth-order valence-corrected chi connectivity index (χ4v) is 4.30. The van der Waals surface area contributed by atoms with Crippen molar-refractivity contribution in [3.8, 4) is 0 Å². The third-order valence-corrected chi connectivity index (χ3v) is 6.02. The third-order valence-electron chi connectivity index (χ3n) is 4.44. The second-order valence-electron chi connectivity index (χ2n) is 7.14. The lowest BCUT2D eigenvalue weighted by atomic mass is 10.1. The number of nitrogens with one attached hydrogen (secondary N) is 2. The van der Waals surface area contributed by atoms with Gasteiger partial charge >= 0.3 is 0 Å². The third kappa shape index (κ3) is 7.35. The molecule has 0 spiro atoms. The summed E-state index contributed by atoms with van der Waals surface area (Å²) in [5, 5.41) is 6.00. The fraction of sp³-hybridized carbons (Fsp3) is 0.174. The molecule has 1 amide bonds. The Labute approximate surface area is 190 Å². The maximum absolute atomic E-state index is 12.7. The van der Waals surface area contributed by atoms with Gasteiger partial charge in [0.1, 0.15) is 0 Å². The van der Waals surface area contributed by atoms with Crippen molar-refractivity contribution >= 4 is 38.9 Å². The molecule has 0 saturated carbocycles. The average Bonchev–Trinajstić information content (AvgIpc) is 2.73. The molecular formula is C23H22F2N2O3S2. The summed E-state index contributed by atoms with van der Waals surface area (Å²) in [6.07, 6.45) is 1.18. The van der Waals surface area contributed by atoms with Gasteiger partial charge in [0.05, 0.1) is 17.0 Å². The zero-order chi connectivity index (χ0) is 23.1. The van der Waals surface area contributed by atoms with Crippen molar-refractivity contribution in [3.63, 3.8) is 0 Å². The predicted molar refractivity (Wildman–Crippen MR) is 124 cm³/mol. The molecule has 32 heavy (non-hydrogen) atoms. The van der Waals surface area contributed by atoms with Gasteiger partial charge in [0.25, 0.3) is 11.7 Å². The number of amides is 1. The molecule has 3 rings (SSSR count). The minimum absolute atomic E-state index is 0.0273. The van der Waals surface area contributed by atoms with Crippen LogP contribution in [0.2, 0.25) is 0 Å². The molecule has 0 atom stereocenters. The van der Waals surface area contributed by atoms with Crippen molar-refractivity contribution in [2.24, 2.45) is 0 Å². The van der Waals surface area contributed by atoms with Gasteiger partial charge in [-0.05, 0) is 47.5 Å². The van der Waals surface area contributed by atoms with E-state index in [1.807, 2.05) is 0 Å².